The molecule has 3 rings (SSSR count). The standard InChI is InChI=1S/C11H18ClNO2/c1-9(2,3)15-8(14)13-11-4-10(5-11,6-11)7-12/h4-7H2,1-3H3,(H,13,14). The van der Waals surface area contributed by atoms with Gasteiger partial charge in [0.25, 0.3) is 0 Å². The van der Waals surface area contributed by atoms with Gasteiger partial charge in [0.2, 0.25) is 0 Å². The van der Waals surface area contributed by atoms with E-state index in [1.165, 1.54) is 0 Å². The Morgan fingerprint density at radius 2 is 1.93 bits per heavy atom. The van der Waals surface area contributed by atoms with Crippen molar-refractivity contribution in [2.75, 3.05) is 5.88 Å². The quantitative estimate of drug-likeness (QED) is 0.742. The highest BCUT2D eigenvalue weighted by atomic mass is 35.5. The molecule has 0 aromatic heterocycles. The lowest BCUT2D eigenvalue weighted by Gasteiger charge is -2.69. The minimum atomic E-state index is -0.419. The van der Waals surface area contributed by atoms with E-state index in [1.807, 2.05) is 20.8 Å². The highest BCUT2D eigenvalue weighted by Crippen LogP contribution is 2.67. The summed E-state index contributed by atoms with van der Waals surface area (Å²) in [4.78, 5) is 11.5. The van der Waals surface area contributed by atoms with E-state index < -0.39 is 5.60 Å². The molecule has 2 bridgehead atoms. The number of carbonyl (C=O) groups excluding carboxylic acids is 1. The molecular formula is C11H18ClNO2. The molecule has 1 amide bonds. The van der Waals surface area contributed by atoms with Crippen LogP contribution in [0, 0.1) is 5.41 Å². The van der Waals surface area contributed by atoms with Crippen molar-refractivity contribution >= 4 is 17.7 Å². The first-order chi connectivity index (χ1) is 6.78. The van der Waals surface area contributed by atoms with Crippen molar-refractivity contribution in [1.82, 2.24) is 5.32 Å². The monoisotopic (exact) mass is 231 g/mol. The van der Waals surface area contributed by atoms with E-state index in [-0.39, 0.29) is 11.6 Å². The number of nitrogens with one attached hydrogen (secondary N) is 1. The first-order valence-corrected chi connectivity index (χ1v) is 5.89. The molecule has 0 unspecified atom stereocenters. The fraction of sp³-hybridized carbons (Fsp3) is 0.909. The van der Waals surface area contributed by atoms with Gasteiger partial charge < -0.3 is 10.1 Å². The maximum Gasteiger partial charge on any atom is 0.408 e. The summed E-state index contributed by atoms with van der Waals surface area (Å²) in [7, 11) is 0. The molecule has 3 fully saturated rings. The van der Waals surface area contributed by atoms with Crippen LogP contribution in [0.25, 0.3) is 0 Å². The van der Waals surface area contributed by atoms with Crippen LogP contribution in [-0.2, 0) is 4.74 Å². The molecule has 0 aromatic carbocycles. The van der Waals surface area contributed by atoms with Crippen LogP contribution in [0.4, 0.5) is 4.79 Å². The number of carbonyl (C=O) groups is 1. The fourth-order valence-electron chi connectivity index (χ4n) is 2.79. The number of alkyl halides is 1. The van der Waals surface area contributed by atoms with Crippen LogP contribution >= 0.6 is 11.6 Å². The van der Waals surface area contributed by atoms with Crippen LogP contribution < -0.4 is 5.32 Å². The number of alkyl carbamates (subject to hydrolysis) is 1. The fourth-order valence-corrected chi connectivity index (χ4v) is 3.08. The summed E-state index contributed by atoms with van der Waals surface area (Å²) in [5.41, 5.74) is -0.0778. The Kier molecular flexibility index (Phi) is 2.24. The normalized spacial score (nSPS) is 37.6. The SMILES string of the molecule is CC(C)(C)OC(=O)NC12CC(CCl)(C1)C2. The van der Waals surface area contributed by atoms with Gasteiger partial charge in [-0.1, -0.05) is 0 Å². The van der Waals surface area contributed by atoms with E-state index in [9.17, 15) is 4.79 Å². The summed E-state index contributed by atoms with van der Waals surface area (Å²) in [5.74, 6) is 0.713. The molecule has 3 aliphatic carbocycles. The number of halogens is 1. The van der Waals surface area contributed by atoms with E-state index in [0.29, 0.717) is 11.3 Å². The topological polar surface area (TPSA) is 38.3 Å². The second-order valence-corrected chi connectivity index (χ2v) is 6.34. The largest absolute Gasteiger partial charge is 0.444 e. The van der Waals surface area contributed by atoms with E-state index in [2.05, 4.69) is 5.32 Å². The predicted molar refractivity (Wildman–Crippen MR) is 59.1 cm³/mol. The van der Waals surface area contributed by atoms with Crippen LogP contribution in [0.2, 0.25) is 0 Å². The van der Waals surface area contributed by atoms with Gasteiger partial charge in [0.15, 0.2) is 0 Å². The van der Waals surface area contributed by atoms with Gasteiger partial charge in [-0.05, 0) is 45.4 Å². The zero-order valence-electron chi connectivity index (χ0n) is 9.52. The molecule has 4 heteroatoms. The third-order valence-electron chi connectivity index (χ3n) is 3.19. The molecule has 1 N–H and O–H groups in total. The van der Waals surface area contributed by atoms with Gasteiger partial charge in [-0.3, -0.25) is 0 Å². The van der Waals surface area contributed by atoms with Gasteiger partial charge in [0, 0.05) is 11.4 Å². The summed E-state index contributed by atoms with van der Waals surface area (Å²) >= 11 is 5.84. The number of hydrogen-bond donors (Lipinski definition) is 1. The lowest BCUT2D eigenvalue weighted by molar-refractivity contribution is -0.134. The van der Waals surface area contributed by atoms with Crippen molar-refractivity contribution < 1.29 is 9.53 Å². The lowest BCUT2D eigenvalue weighted by atomic mass is 9.40. The van der Waals surface area contributed by atoms with Gasteiger partial charge in [-0.2, -0.15) is 0 Å². The highest BCUT2D eigenvalue weighted by Gasteiger charge is 2.68. The van der Waals surface area contributed by atoms with Gasteiger partial charge in [0.1, 0.15) is 5.60 Å². The summed E-state index contributed by atoms with van der Waals surface area (Å²) < 4.78 is 5.22. The summed E-state index contributed by atoms with van der Waals surface area (Å²) in [6.07, 6.45) is 2.75. The third kappa shape index (κ3) is 1.94. The minimum Gasteiger partial charge on any atom is -0.444 e. The zero-order valence-corrected chi connectivity index (χ0v) is 10.3. The molecule has 0 aromatic rings. The van der Waals surface area contributed by atoms with Crippen molar-refractivity contribution in [3.63, 3.8) is 0 Å². The summed E-state index contributed by atoms with van der Waals surface area (Å²) in [6, 6.07) is 0. The minimum absolute atomic E-state index is 0.0111. The zero-order chi connectivity index (χ0) is 11.3. The lowest BCUT2D eigenvalue weighted by Crippen LogP contribution is -2.75. The molecule has 0 saturated heterocycles. The second kappa shape index (κ2) is 3.03. The molecule has 0 atom stereocenters. The van der Waals surface area contributed by atoms with E-state index in [1.54, 1.807) is 0 Å². The molecule has 0 spiro atoms. The van der Waals surface area contributed by atoms with Crippen molar-refractivity contribution in [1.29, 1.82) is 0 Å². The van der Waals surface area contributed by atoms with Crippen LogP contribution in [0.1, 0.15) is 40.0 Å². The van der Waals surface area contributed by atoms with Crippen molar-refractivity contribution in [2.45, 2.75) is 51.2 Å². The smallest absolute Gasteiger partial charge is 0.408 e. The first-order valence-electron chi connectivity index (χ1n) is 5.35. The maximum absolute atomic E-state index is 11.5. The molecule has 15 heavy (non-hydrogen) atoms. The predicted octanol–water partition coefficient (Wildman–Crippen LogP) is 2.67. The molecule has 3 aliphatic rings. The van der Waals surface area contributed by atoms with Crippen molar-refractivity contribution in [3.05, 3.63) is 0 Å². The van der Waals surface area contributed by atoms with Crippen molar-refractivity contribution in [2.24, 2.45) is 5.41 Å². The molecule has 86 valence electrons. The molecule has 0 radical (unpaired) electrons. The van der Waals surface area contributed by atoms with Gasteiger partial charge >= 0.3 is 6.09 Å². The van der Waals surface area contributed by atoms with Crippen LogP contribution in [0.3, 0.4) is 0 Å². The number of hydrogen-bond acceptors (Lipinski definition) is 2. The summed E-state index contributed by atoms with van der Waals surface area (Å²) in [6.45, 7) is 5.61. The third-order valence-corrected chi connectivity index (χ3v) is 3.76. The van der Waals surface area contributed by atoms with E-state index >= 15 is 0 Å². The second-order valence-electron chi connectivity index (χ2n) is 6.07. The number of rotatable bonds is 2. The van der Waals surface area contributed by atoms with Crippen molar-refractivity contribution in [3.8, 4) is 0 Å². The Morgan fingerprint density at radius 3 is 2.33 bits per heavy atom. The van der Waals surface area contributed by atoms with Gasteiger partial charge in [-0.25, -0.2) is 4.79 Å². The van der Waals surface area contributed by atoms with Gasteiger partial charge in [-0.15, -0.1) is 11.6 Å². The van der Waals surface area contributed by atoms with Crippen LogP contribution in [0.15, 0.2) is 0 Å². The van der Waals surface area contributed by atoms with E-state index in [4.69, 9.17) is 16.3 Å². The Bertz CT molecular complexity index is 276. The summed E-state index contributed by atoms with van der Waals surface area (Å²) in [5, 5.41) is 2.95. The van der Waals surface area contributed by atoms with Crippen LogP contribution in [-0.4, -0.2) is 23.1 Å². The number of amides is 1. The average Bonchev–Trinajstić information content (AvgIpc) is 1.89. The van der Waals surface area contributed by atoms with E-state index in [0.717, 1.165) is 19.3 Å². The average molecular weight is 232 g/mol. The molecular weight excluding hydrogens is 214 g/mol. The Labute approximate surface area is 95.5 Å². The first kappa shape index (κ1) is 11.1. The highest BCUT2D eigenvalue weighted by molar-refractivity contribution is 6.18. The number of ether oxygens (including phenoxy) is 1. The Morgan fingerprint density at radius 1 is 1.40 bits per heavy atom. The molecule has 0 heterocycles. The Hall–Kier alpha value is -0.440. The maximum atomic E-state index is 11.5. The Balaban J connectivity index is 1.79. The molecule has 0 aliphatic heterocycles. The molecule has 3 saturated carbocycles. The van der Waals surface area contributed by atoms with Gasteiger partial charge in [0.05, 0.1) is 0 Å². The molecule has 3 nitrogen and oxygen atoms in total. The van der Waals surface area contributed by atoms with Crippen LogP contribution in [0.5, 0.6) is 0 Å².